The van der Waals surface area contributed by atoms with Gasteiger partial charge in [-0.05, 0) is 19.1 Å². The summed E-state index contributed by atoms with van der Waals surface area (Å²) < 4.78 is 5.48. The number of nitrogens with one attached hydrogen (secondary N) is 3. The van der Waals surface area contributed by atoms with Crippen molar-refractivity contribution in [2.45, 2.75) is 32.2 Å². The monoisotopic (exact) mass is 410 g/mol. The summed E-state index contributed by atoms with van der Waals surface area (Å²) in [6, 6.07) is 8.71. The first-order valence-corrected chi connectivity index (χ1v) is 9.40. The summed E-state index contributed by atoms with van der Waals surface area (Å²) in [5.74, 6) is -0.225. The maximum absolute atomic E-state index is 12.2. The Hall–Kier alpha value is -2.00. The van der Waals surface area contributed by atoms with Crippen LogP contribution in [0, 0.1) is 0 Å². The standard InChI is InChI=1S/C18H22N4O3S.ClH/c1-12-16(19-7-8-25-12)18(24)20-9-14-11-26-15(22-14)10-21-17(23)13-5-3-2-4-6-13;/h2-6,11-12,16,19H,7-10H2,1H3,(H,20,24)(H,21,23);1H/t12-,16+;/m1./s1. The molecule has 1 aromatic heterocycles. The van der Waals surface area contributed by atoms with Crippen molar-refractivity contribution in [3.63, 3.8) is 0 Å². The van der Waals surface area contributed by atoms with E-state index in [1.807, 2.05) is 30.5 Å². The number of ether oxygens (including phenoxy) is 1. The number of thiazole rings is 1. The van der Waals surface area contributed by atoms with Crippen molar-refractivity contribution < 1.29 is 14.3 Å². The van der Waals surface area contributed by atoms with Crippen LogP contribution in [0.2, 0.25) is 0 Å². The van der Waals surface area contributed by atoms with Gasteiger partial charge < -0.3 is 20.7 Å². The highest BCUT2D eigenvalue weighted by Crippen LogP contribution is 2.10. The molecule has 7 nitrogen and oxygen atoms in total. The minimum Gasteiger partial charge on any atom is -0.375 e. The molecule has 0 bridgehead atoms. The fourth-order valence-electron chi connectivity index (χ4n) is 2.67. The number of nitrogens with zero attached hydrogens (tertiary/aromatic N) is 1. The summed E-state index contributed by atoms with van der Waals surface area (Å²) in [4.78, 5) is 28.7. The van der Waals surface area contributed by atoms with Crippen LogP contribution in [0.4, 0.5) is 0 Å². The molecular formula is C18H23ClN4O3S. The van der Waals surface area contributed by atoms with E-state index in [0.29, 0.717) is 31.8 Å². The molecule has 27 heavy (non-hydrogen) atoms. The van der Waals surface area contributed by atoms with Crippen LogP contribution in [0.1, 0.15) is 28.0 Å². The predicted molar refractivity (Wildman–Crippen MR) is 106 cm³/mol. The molecule has 9 heteroatoms. The minimum absolute atomic E-state index is 0. The number of hydrogen-bond donors (Lipinski definition) is 3. The predicted octanol–water partition coefficient (Wildman–Crippen LogP) is 1.49. The zero-order valence-corrected chi connectivity index (χ0v) is 16.6. The van der Waals surface area contributed by atoms with Crippen LogP contribution < -0.4 is 16.0 Å². The van der Waals surface area contributed by atoms with E-state index >= 15 is 0 Å². The second-order valence-corrected chi connectivity index (χ2v) is 6.95. The maximum Gasteiger partial charge on any atom is 0.251 e. The fraction of sp³-hybridized carbons (Fsp3) is 0.389. The molecule has 2 amide bonds. The van der Waals surface area contributed by atoms with Crippen LogP contribution in [0.3, 0.4) is 0 Å². The molecule has 1 fully saturated rings. The molecule has 0 spiro atoms. The molecule has 3 rings (SSSR count). The molecule has 2 aromatic rings. The third-order valence-corrected chi connectivity index (χ3v) is 4.98. The van der Waals surface area contributed by atoms with Gasteiger partial charge in [0, 0.05) is 17.5 Å². The zero-order chi connectivity index (χ0) is 18.4. The van der Waals surface area contributed by atoms with Gasteiger partial charge in [0.2, 0.25) is 5.91 Å². The highest BCUT2D eigenvalue weighted by Gasteiger charge is 2.28. The second-order valence-electron chi connectivity index (χ2n) is 6.01. The molecule has 1 aliphatic rings. The summed E-state index contributed by atoms with van der Waals surface area (Å²) in [6.07, 6.45) is -0.150. The molecule has 0 aliphatic carbocycles. The number of benzene rings is 1. The summed E-state index contributed by atoms with van der Waals surface area (Å²) in [5, 5.41) is 11.6. The summed E-state index contributed by atoms with van der Waals surface area (Å²) in [7, 11) is 0. The number of hydrogen-bond acceptors (Lipinski definition) is 6. The average Bonchev–Trinajstić information content (AvgIpc) is 3.13. The molecule has 2 heterocycles. The van der Waals surface area contributed by atoms with Crippen molar-refractivity contribution in [2.24, 2.45) is 0 Å². The van der Waals surface area contributed by atoms with Crippen molar-refractivity contribution >= 4 is 35.6 Å². The van der Waals surface area contributed by atoms with Gasteiger partial charge in [0.15, 0.2) is 0 Å². The lowest BCUT2D eigenvalue weighted by Gasteiger charge is -2.29. The van der Waals surface area contributed by atoms with E-state index in [9.17, 15) is 9.59 Å². The van der Waals surface area contributed by atoms with E-state index in [4.69, 9.17) is 4.74 Å². The molecule has 1 aliphatic heterocycles. The van der Waals surface area contributed by atoms with Gasteiger partial charge in [-0.2, -0.15) is 0 Å². The SMILES string of the molecule is C[C@H]1OCCN[C@@H]1C(=O)NCc1csc(CNC(=O)c2ccccc2)n1.Cl. The molecule has 0 radical (unpaired) electrons. The normalized spacial score (nSPS) is 19.0. The van der Waals surface area contributed by atoms with E-state index in [1.165, 1.54) is 11.3 Å². The first kappa shape index (κ1) is 21.3. The zero-order valence-electron chi connectivity index (χ0n) is 14.9. The number of halogens is 1. The second kappa shape index (κ2) is 10.4. The molecule has 0 saturated carbocycles. The molecule has 1 aromatic carbocycles. The number of morpholine rings is 1. The maximum atomic E-state index is 12.2. The lowest BCUT2D eigenvalue weighted by molar-refractivity contribution is -0.129. The van der Waals surface area contributed by atoms with E-state index in [2.05, 4.69) is 20.9 Å². The fourth-order valence-corrected chi connectivity index (χ4v) is 3.41. The quantitative estimate of drug-likeness (QED) is 0.671. The third kappa shape index (κ3) is 6.00. The van der Waals surface area contributed by atoms with Gasteiger partial charge in [-0.3, -0.25) is 9.59 Å². The first-order valence-electron chi connectivity index (χ1n) is 8.52. The molecule has 3 N–H and O–H groups in total. The van der Waals surface area contributed by atoms with Gasteiger partial charge in [-0.1, -0.05) is 18.2 Å². The Morgan fingerprint density at radius 1 is 1.26 bits per heavy atom. The topological polar surface area (TPSA) is 92.4 Å². The van der Waals surface area contributed by atoms with Gasteiger partial charge in [-0.25, -0.2) is 4.98 Å². The summed E-state index contributed by atoms with van der Waals surface area (Å²) >= 11 is 1.46. The van der Waals surface area contributed by atoms with Crippen molar-refractivity contribution in [1.82, 2.24) is 20.9 Å². The van der Waals surface area contributed by atoms with Crippen molar-refractivity contribution in [2.75, 3.05) is 13.2 Å². The van der Waals surface area contributed by atoms with Crippen LogP contribution in [0.25, 0.3) is 0 Å². The number of amides is 2. The average molecular weight is 411 g/mol. The van der Waals surface area contributed by atoms with Gasteiger partial charge >= 0.3 is 0 Å². The Bertz CT molecular complexity index is 756. The van der Waals surface area contributed by atoms with Gasteiger partial charge in [0.25, 0.3) is 5.91 Å². The Morgan fingerprint density at radius 2 is 2.04 bits per heavy atom. The molecule has 1 saturated heterocycles. The van der Waals surface area contributed by atoms with Crippen molar-refractivity contribution in [3.05, 3.63) is 52.0 Å². The first-order chi connectivity index (χ1) is 12.6. The minimum atomic E-state index is -0.341. The highest BCUT2D eigenvalue weighted by molar-refractivity contribution is 7.09. The van der Waals surface area contributed by atoms with E-state index in [-0.39, 0.29) is 36.4 Å². The Balaban J connectivity index is 0.00000261. The third-order valence-electron chi connectivity index (χ3n) is 4.08. The molecular weight excluding hydrogens is 388 g/mol. The van der Waals surface area contributed by atoms with Crippen LogP contribution in [0.5, 0.6) is 0 Å². The number of carbonyl (C=O) groups is 2. The van der Waals surface area contributed by atoms with Gasteiger partial charge in [-0.15, -0.1) is 23.7 Å². The van der Waals surface area contributed by atoms with Crippen molar-refractivity contribution in [3.8, 4) is 0 Å². The number of carbonyl (C=O) groups excluding carboxylic acids is 2. The van der Waals surface area contributed by atoms with E-state index < -0.39 is 0 Å². The van der Waals surface area contributed by atoms with Gasteiger partial charge in [0.05, 0.1) is 31.5 Å². The van der Waals surface area contributed by atoms with Crippen molar-refractivity contribution in [1.29, 1.82) is 0 Å². The largest absolute Gasteiger partial charge is 0.375 e. The van der Waals surface area contributed by atoms with Crippen LogP contribution >= 0.6 is 23.7 Å². The lowest BCUT2D eigenvalue weighted by atomic mass is 10.1. The van der Waals surface area contributed by atoms with Crippen LogP contribution in [-0.4, -0.2) is 42.1 Å². The molecule has 0 unspecified atom stereocenters. The Kier molecular flexibility index (Phi) is 8.18. The number of rotatable bonds is 6. The van der Waals surface area contributed by atoms with E-state index in [1.54, 1.807) is 12.1 Å². The Labute approximate surface area is 168 Å². The van der Waals surface area contributed by atoms with Crippen LogP contribution in [0.15, 0.2) is 35.7 Å². The highest BCUT2D eigenvalue weighted by atomic mass is 35.5. The Morgan fingerprint density at radius 3 is 2.78 bits per heavy atom. The van der Waals surface area contributed by atoms with Gasteiger partial charge in [0.1, 0.15) is 11.0 Å². The molecule has 2 atom stereocenters. The smallest absolute Gasteiger partial charge is 0.251 e. The summed E-state index contributed by atoms with van der Waals surface area (Å²) in [5.41, 5.74) is 1.39. The number of aromatic nitrogens is 1. The lowest BCUT2D eigenvalue weighted by Crippen LogP contribution is -2.55. The molecule has 146 valence electrons. The summed E-state index contributed by atoms with van der Waals surface area (Å²) in [6.45, 7) is 3.89. The van der Waals surface area contributed by atoms with Crippen LogP contribution in [-0.2, 0) is 22.6 Å². The van der Waals surface area contributed by atoms with E-state index in [0.717, 1.165) is 10.7 Å².